The van der Waals surface area contributed by atoms with Gasteiger partial charge in [0.1, 0.15) is 5.75 Å². The molecule has 4 rings (SSSR count). The molecule has 0 aliphatic heterocycles. The molecule has 114 valence electrons. The molecule has 0 saturated carbocycles. The maximum absolute atomic E-state index is 12.5. The number of methoxy groups -OCH3 is 1. The van der Waals surface area contributed by atoms with E-state index in [-0.39, 0.29) is 5.91 Å². The quantitative estimate of drug-likeness (QED) is 0.598. The second kappa shape index (κ2) is 5.40. The van der Waals surface area contributed by atoms with E-state index in [1.807, 2.05) is 42.5 Å². The lowest BCUT2D eigenvalue weighted by Gasteiger charge is -1.99. The maximum atomic E-state index is 12.5. The first kappa shape index (κ1) is 13.8. The molecule has 0 saturated heterocycles. The lowest BCUT2D eigenvalue weighted by molar-refractivity contribution is 0.102. The van der Waals surface area contributed by atoms with Crippen LogP contribution in [0.1, 0.15) is 10.4 Å². The first-order valence-electron chi connectivity index (χ1n) is 7.06. The van der Waals surface area contributed by atoms with Crippen LogP contribution in [0, 0.1) is 0 Å². The summed E-state index contributed by atoms with van der Waals surface area (Å²) in [5, 5.41) is 4.34. The Morgan fingerprint density at radius 3 is 3.00 bits per heavy atom. The highest BCUT2D eigenvalue weighted by Gasteiger charge is 2.14. The van der Waals surface area contributed by atoms with Gasteiger partial charge in [0.2, 0.25) is 0 Å². The zero-order valence-electron chi connectivity index (χ0n) is 12.3. The van der Waals surface area contributed by atoms with Gasteiger partial charge in [-0.3, -0.25) is 10.1 Å². The molecule has 2 heterocycles. The van der Waals surface area contributed by atoms with Gasteiger partial charge in [0.05, 0.1) is 22.9 Å². The first-order chi connectivity index (χ1) is 11.2. The number of nitrogens with one attached hydrogen (secondary N) is 2. The molecule has 0 radical (unpaired) electrons. The molecule has 0 spiro atoms. The lowest BCUT2D eigenvalue weighted by atomic mass is 10.2. The number of hydrogen-bond donors (Lipinski definition) is 2. The molecule has 0 bridgehead atoms. The Morgan fingerprint density at radius 2 is 2.13 bits per heavy atom. The van der Waals surface area contributed by atoms with Crippen LogP contribution in [0.5, 0.6) is 5.75 Å². The average molecular weight is 323 g/mol. The van der Waals surface area contributed by atoms with Crippen LogP contribution < -0.4 is 10.1 Å². The Morgan fingerprint density at radius 1 is 1.26 bits per heavy atom. The molecular weight excluding hydrogens is 310 g/mol. The van der Waals surface area contributed by atoms with E-state index in [9.17, 15) is 4.79 Å². The zero-order chi connectivity index (χ0) is 15.8. The molecule has 0 fully saturated rings. The monoisotopic (exact) mass is 323 g/mol. The SMILES string of the molecule is COc1ccc2nc(NC(=O)c3c[nH]c4ccccc34)sc2c1. The summed E-state index contributed by atoms with van der Waals surface area (Å²) in [6, 6.07) is 13.4. The fourth-order valence-electron chi connectivity index (χ4n) is 2.51. The Hall–Kier alpha value is -2.86. The van der Waals surface area contributed by atoms with Gasteiger partial charge in [-0.1, -0.05) is 29.5 Å². The molecular formula is C17H13N3O2S. The molecule has 0 atom stereocenters. The molecule has 6 heteroatoms. The summed E-state index contributed by atoms with van der Waals surface area (Å²) < 4.78 is 6.18. The number of carbonyl (C=O) groups excluding carboxylic acids is 1. The van der Waals surface area contributed by atoms with Gasteiger partial charge < -0.3 is 9.72 Å². The molecule has 0 aliphatic carbocycles. The zero-order valence-corrected chi connectivity index (χ0v) is 13.1. The fourth-order valence-corrected chi connectivity index (χ4v) is 3.40. The summed E-state index contributed by atoms with van der Waals surface area (Å²) >= 11 is 1.42. The van der Waals surface area contributed by atoms with Gasteiger partial charge in [-0.05, 0) is 24.3 Å². The molecule has 2 N–H and O–H groups in total. The summed E-state index contributed by atoms with van der Waals surface area (Å²) in [5.41, 5.74) is 2.38. The van der Waals surface area contributed by atoms with Gasteiger partial charge in [-0.15, -0.1) is 0 Å². The summed E-state index contributed by atoms with van der Waals surface area (Å²) in [7, 11) is 1.63. The van der Waals surface area contributed by atoms with E-state index in [2.05, 4.69) is 15.3 Å². The Labute approximate surface area is 135 Å². The van der Waals surface area contributed by atoms with Crippen molar-refractivity contribution in [2.24, 2.45) is 0 Å². The number of carbonyl (C=O) groups is 1. The van der Waals surface area contributed by atoms with E-state index < -0.39 is 0 Å². The van der Waals surface area contributed by atoms with E-state index in [1.165, 1.54) is 11.3 Å². The molecule has 23 heavy (non-hydrogen) atoms. The van der Waals surface area contributed by atoms with Crippen molar-refractivity contribution < 1.29 is 9.53 Å². The van der Waals surface area contributed by atoms with Crippen molar-refractivity contribution in [3.63, 3.8) is 0 Å². The van der Waals surface area contributed by atoms with E-state index in [4.69, 9.17) is 4.74 Å². The van der Waals surface area contributed by atoms with Crippen LogP contribution in [-0.4, -0.2) is 23.0 Å². The predicted molar refractivity (Wildman–Crippen MR) is 92.4 cm³/mol. The van der Waals surface area contributed by atoms with Gasteiger partial charge in [0.15, 0.2) is 5.13 Å². The number of thiazole rings is 1. The third kappa shape index (κ3) is 2.43. The van der Waals surface area contributed by atoms with Crippen molar-refractivity contribution in [1.82, 2.24) is 9.97 Å². The number of aromatic amines is 1. The molecule has 4 aromatic rings. The number of amides is 1. The Bertz CT molecular complexity index is 1020. The summed E-state index contributed by atoms with van der Waals surface area (Å²) in [6.07, 6.45) is 1.72. The van der Waals surface area contributed by atoms with Crippen molar-refractivity contribution >= 4 is 43.5 Å². The number of H-pyrrole nitrogens is 1. The number of benzene rings is 2. The number of fused-ring (bicyclic) bond motifs is 2. The average Bonchev–Trinajstić information content (AvgIpc) is 3.17. The van der Waals surface area contributed by atoms with Gasteiger partial charge in [-0.2, -0.15) is 0 Å². The van der Waals surface area contributed by atoms with Gasteiger partial charge in [0.25, 0.3) is 5.91 Å². The second-order valence-corrected chi connectivity index (χ2v) is 6.09. The largest absolute Gasteiger partial charge is 0.497 e. The van der Waals surface area contributed by atoms with Crippen LogP contribution >= 0.6 is 11.3 Å². The van der Waals surface area contributed by atoms with Crippen LogP contribution in [0.3, 0.4) is 0 Å². The van der Waals surface area contributed by atoms with Crippen LogP contribution in [-0.2, 0) is 0 Å². The number of aromatic nitrogens is 2. The standard InChI is InChI=1S/C17H13N3O2S/c1-22-10-6-7-14-15(8-10)23-17(19-14)20-16(21)12-9-18-13-5-3-2-4-11(12)13/h2-9,18H,1H3,(H,19,20,21). The van der Waals surface area contributed by atoms with Gasteiger partial charge in [0, 0.05) is 17.1 Å². The number of hydrogen-bond acceptors (Lipinski definition) is 4. The molecule has 2 aromatic heterocycles. The van der Waals surface area contributed by atoms with Crippen molar-refractivity contribution in [1.29, 1.82) is 0 Å². The van der Waals surface area contributed by atoms with Crippen molar-refractivity contribution in [3.8, 4) is 5.75 Å². The smallest absolute Gasteiger partial charge is 0.259 e. The highest BCUT2D eigenvalue weighted by atomic mass is 32.1. The van der Waals surface area contributed by atoms with E-state index in [0.29, 0.717) is 10.7 Å². The minimum atomic E-state index is -0.173. The van der Waals surface area contributed by atoms with Crippen molar-refractivity contribution in [3.05, 3.63) is 54.2 Å². The van der Waals surface area contributed by atoms with Crippen molar-refractivity contribution in [2.45, 2.75) is 0 Å². The van der Waals surface area contributed by atoms with Crippen molar-refractivity contribution in [2.75, 3.05) is 12.4 Å². The molecule has 1 amide bonds. The van der Waals surface area contributed by atoms with E-state index in [0.717, 1.165) is 26.9 Å². The maximum Gasteiger partial charge on any atom is 0.259 e. The summed E-state index contributed by atoms with van der Waals surface area (Å²) in [6.45, 7) is 0. The third-order valence-electron chi connectivity index (χ3n) is 3.65. The molecule has 0 aliphatic rings. The topological polar surface area (TPSA) is 67.0 Å². The van der Waals surface area contributed by atoms with Crippen LogP contribution in [0.15, 0.2) is 48.7 Å². The Kier molecular flexibility index (Phi) is 3.24. The fraction of sp³-hybridized carbons (Fsp3) is 0.0588. The highest BCUT2D eigenvalue weighted by molar-refractivity contribution is 7.22. The second-order valence-electron chi connectivity index (χ2n) is 5.05. The van der Waals surface area contributed by atoms with Crippen LogP contribution in [0.25, 0.3) is 21.1 Å². The molecule has 2 aromatic carbocycles. The number of ether oxygens (including phenoxy) is 1. The third-order valence-corrected chi connectivity index (χ3v) is 4.58. The number of rotatable bonds is 3. The normalized spacial score (nSPS) is 11.0. The van der Waals surface area contributed by atoms with E-state index in [1.54, 1.807) is 13.3 Å². The van der Waals surface area contributed by atoms with Gasteiger partial charge in [-0.25, -0.2) is 4.98 Å². The summed E-state index contributed by atoms with van der Waals surface area (Å²) in [4.78, 5) is 20.0. The van der Waals surface area contributed by atoms with Crippen LogP contribution in [0.2, 0.25) is 0 Å². The number of para-hydroxylation sites is 1. The first-order valence-corrected chi connectivity index (χ1v) is 7.88. The minimum Gasteiger partial charge on any atom is -0.497 e. The molecule has 0 unspecified atom stereocenters. The van der Waals surface area contributed by atoms with Gasteiger partial charge >= 0.3 is 0 Å². The highest BCUT2D eigenvalue weighted by Crippen LogP contribution is 2.29. The molecule has 5 nitrogen and oxygen atoms in total. The Balaban J connectivity index is 1.66. The summed E-state index contributed by atoms with van der Waals surface area (Å²) in [5.74, 6) is 0.601. The van der Waals surface area contributed by atoms with E-state index >= 15 is 0 Å². The minimum absolute atomic E-state index is 0.173. The predicted octanol–water partition coefficient (Wildman–Crippen LogP) is 4.04. The lowest BCUT2D eigenvalue weighted by Crippen LogP contribution is -2.10. The number of anilines is 1. The number of nitrogens with zero attached hydrogens (tertiary/aromatic N) is 1. The van der Waals surface area contributed by atoms with Crippen LogP contribution in [0.4, 0.5) is 5.13 Å².